The predicted octanol–water partition coefficient (Wildman–Crippen LogP) is 1.31. The first kappa shape index (κ1) is 13.8. The van der Waals surface area contributed by atoms with Crippen LogP contribution < -0.4 is 0 Å². The van der Waals surface area contributed by atoms with Crippen molar-refractivity contribution in [2.75, 3.05) is 13.7 Å². The molecule has 1 heterocycles. The third-order valence-electron chi connectivity index (χ3n) is 2.66. The van der Waals surface area contributed by atoms with Gasteiger partial charge in [0, 0.05) is 12.2 Å². The van der Waals surface area contributed by atoms with E-state index in [4.69, 9.17) is 4.74 Å². The molecule has 0 aliphatic heterocycles. The van der Waals surface area contributed by atoms with Crippen LogP contribution in [0.1, 0.15) is 0 Å². The molecule has 2 rings (SSSR count). The van der Waals surface area contributed by atoms with Gasteiger partial charge in [-0.25, -0.2) is 14.6 Å². The standard InChI is InChI=1S/C14H14N2O4/c1-19-13(17)6-7-14(18)20-9-8-16-10-15-11-4-2-3-5-12(11)16/h2-7,10H,8-9H2,1H3. The molecule has 0 N–H and O–H groups in total. The topological polar surface area (TPSA) is 70.4 Å². The Morgan fingerprint density at radius 2 is 2.00 bits per heavy atom. The van der Waals surface area contributed by atoms with Crippen molar-refractivity contribution in [2.24, 2.45) is 0 Å². The molecule has 20 heavy (non-hydrogen) atoms. The highest BCUT2D eigenvalue weighted by Gasteiger charge is 2.03. The van der Waals surface area contributed by atoms with E-state index in [1.807, 2.05) is 28.8 Å². The van der Waals surface area contributed by atoms with Gasteiger partial charge in [-0.1, -0.05) is 12.1 Å². The predicted molar refractivity (Wildman–Crippen MR) is 71.8 cm³/mol. The summed E-state index contributed by atoms with van der Waals surface area (Å²) >= 11 is 0. The first-order valence-corrected chi connectivity index (χ1v) is 6.03. The van der Waals surface area contributed by atoms with Gasteiger partial charge in [-0.3, -0.25) is 0 Å². The molecule has 0 unspecified atom stereocenters. The third kappa shape index (κ3) is 3.44. The largest absolute Gasteiger partial charge is 0.466 e. The van der Waals surface area contributed by atoms with Gasteiger partial charge in [-0.2, -0.15) is 0 Å². The van der Waals surface area contributed by atoms with Crippen LogP contribution in [0.2, 0.25) is 0 Å². The Hall–Kier alpha value is -2.63. The Kier molecular flexibility index (Phi) is 4.49. The SMILES string of the molecule is COC(=O)C=CC(=O)OCCn1cnc2ccccc21. The smallest absolute Gasteiger partial charge is 0.331 e. The maximum atomic E-state index is 11.3. The summed E-state index contributed by atoms with van der Waals surface area (Å²) in [6.07, 6.45) is 3.76. The average molecular weight is 274 g/mol. The van der Waals surface area contributed by atoms with Crippen LogP contribution in [-0.4, -0.2) is 35.2 Å². The highest BCUT2D eigenvalue weighted by molar-refractivity contribution is 5.91. The van der Waals surface area contributed by atoms with E-state index < -0.39 is 11.9 Å². The summed E-state index contributed by atoms with van der Waals surface area (Å²) in [4.78, 5) is 26.3. The van der Waals surface area contributed by atoms with E-state index in [0.29, 0.717) is 6.54 Å². The number of carbonyl (C=O) groups excluding carboxylic acids is 2. The van der Waals surface area contributed by atoms with Crippen molar-refractivity contribution in [3.63, 3.8) is 0 Å². The molecular weight excluding hydrogens is 260 g/mol. The van der Waals surface area contributed by atoms with Crippen LogP contribution in [0.4, 0.5) is 0 Å². The molecule has 0 saturated heterocycles. The molecule has 0 radical (unpaired) electrons. The van der Waals surface area contributed by atoms with Crippen molar-refractivity contribution in [3.05, 3.63) is 42.7 Å². The summed E-state index contributed by atoms with van der Waals surface area (Å²) < 4.78 is 11.2. The van der Waals surface area contributed by atoms with Gasteiger partial charge in [0.25, 0.3) is 0 Å². The Labute approximate surface area is 115 Å². The van der Waals surface area contributed by atoms with Gasteiger partial charge in [-0.15, -0.1) is 0 Å². The van der Waals surface area contributed by atoms with Crippen LogP contribution >= 0.6 is 0 Å². The van der Waals surface area contributed by atoms with Crippen molar-refractivity contribution >= 4 is 23.0 Å². The number of benzene rings is 1. The zero-order chi connectivity index (χ0) is 14.4. The molecule has 0 atom stereocenters. The molecule has 0 saturated carbocycles. The number of methoxy groups -OCH3 is 1. The van der Waals surface area contributed by atoms with Crippen LogP contribution in [0, 0.1) is 0 Å². The first-order valence-electron chi connectivity index (χ1n) is 6.03. The Morgan fingerprint density at radius 1 is 1.25 bits per heavy atom. The summed E-state index contributed by atoms with van der Waals surface area (Å²) in [5.74, 6) is -1.18. The zero-order valence-corrected chi connectivity index (χ0v) is 11.0. The minimum Gasteiger partial charge on any atom is -0.466 e. The molecule has 2 aromatic rings. The minimum atomic E-state index is -0.595. The fourth-order valence-electron chi connectivity index (χ4n) is 1.69. The number of para-hydroxylation sites is 2. The monoisotopic (exact) mass is 274 g/mol. The van der Waals surface area contributed by atoms with E-state index in [0.717, 1.165) is 23.2 Å². The number of imidazole rings is 1. The maximum Gasteiger partial charge on any atom is 0.331 e. The molecule has 0 aliphatic carbocycles. The number of aromatic nitrogens is 2. The molecule has 104 valence electrons. The van der Waals surface area contributed by atoms with Gasteiger partial charge in [0.15, 0.2) is 0 Å². The molecule has 0 bridgehead atoms. The van der Waals surface area contributed by atoms with E-state index >= 15 is 0 Å². The van der Waals surface area contributed by atoms with Crippen molar-refractivity contribution in [3.8, 4) is 0 Å². The Balaban J connectivity index is 1.85. The number of rotatable bonds is 5. The van der Waals surface area contributed by atoms with Gasteiger partial charge in [0.1, 0.15) is 6.61 Å². The lowest BCUT2D eigenvalue weighted by Gasteiger charge is -2.04. The number of hydrogen-bond donors (Lipinski definition) is 0. The van der Waals surface area contributed by atoms with E-state index in [1.165, 1.54) is 7.11 Å². The van der Waals surface area contributed by atoms with Gasteiger partial charge in [0.2, 0.25) is 0 Å². The summed E-state index contributed by atoms with van der Waals surface area (Å²) in [5.41, 5.74) is 1.87. The van der Waals surface area contributed by atoms with E-state index in [1.54, 1.807) is 6.33 Å². The molecule has 0 amide bonds. The molecular formula is C14H14N2O4. The van der Waals surface area contributed by atoms with Gasteiger partial charge in [-0.05, 0) is 12.1 Å². The molecule has 0 aliphatic rings. The maximum absolute atomic E-state index is 11.3. The molecule has 6 nitrogen and oxygen atoms in total. The van der Waals surface area contributed by atoms with Crippen LogP contribution in [0.3, 0.4) is 0 Å². The summed E-state index contributed by atoms with van der Waals surface area (Å²) in [6.45, 7) is 0.697. The Morgan fingerprint density at radius 3 is 2.80 bits per heavy atom. The molecule has 0 spiro atoms. The fourth-order valence-corrected chi connectivity index (χ4v) is 1.69. The van der Waals surface area contributed by atoms with Crippen molar-refractivity contribution < 1.29 is 19.1 Å². The van der Waals surface area contributed by atoms with Crippen molar-refractivity contribution in [2.45, 2.75) is 6.54 Å². The number of carbonyl (C=O) groups is 2. The second kappa shape index (κ2) is 6.51. The minimum absolute atomic E-state index is 0.199. The number of hydrogen-bond acceptors (Lipinski definition) is 5. The Bertz CT molecular complexity index is 645. The quantitative estimate of drug-likeness (QED) is 0.607. The second-order valence-electron chi connectivity index (χ2n) is 3.95. The number of fused-ring (bicyclic) bond motifs is 1. The van der Waals surface area contributed by atoms with E-state index in [2.05, 4.69) is 9.72 Å². The first-order chi connectivity index (χ1) is 9.70. The van der Waals surface area contributed by atoms with Crippen molar-refractivity contribution in [1.82, 2.24) is 9.55 Å². The molecule has 6 heteroatoms. The van der Waals surface area contributed by atoms with Gasteiger partial charge >= 0.3 is 11.9 Å². The lowest BCUT2D eigenvalue weighted by Crippen LogP contribution is -2.09. The summed E-state index contributed by atoms with van der Waals surface area (Å²) in [5, 5.41) is 0. The van der Waals surface area contributed by atoms with Crippen LogP contribution in [0.5, 0.6) is 0 Å². The summed E-state index contributed by atoms with van der Waals surface area (Å²) in [7, 11) is 1.24. The lowest BCUT2D eigenvalue weighted by atomic mass is 10.3. The lowest BCUT2D eigenvalue weighted by molar-refractivity contribution is -0.139. The van der Waals surface area contributed by atoms with E-state index in [-0.39, 0.29) is 6.61 Å². The molecule has 1 aromatic heterocycles. The number of ether oxygens (including phenoxy) is 2. The highest BCUT2D eigenvalue weighted by atomic mass is 16.5. The van der Waals surface area contributed by atoms with Crippen molar-refractivity contribution in [1.29, 1.82) is 0 Å². The van der Waals surface area contributed by atoms with Crippen LogP contribution in [0.25, 0.3) is 11.0 Å². The third-order valence-corrected chi connectivity index (χ3v) is 2.66. The molecule has 1 aromatic carbocycles. The van der Waals surface area contributed by atoms with Gasteiger partial charge < -0.3 is 14.0 Å². The van der Waals surface area contributed by atoms with Crippen LogP contribution in [-0.2, 0) is 25.6 Å². The fraction of sp³-hybridized carbons (Fsp3) is 0.214. The number of nitrogens with zero attached hydrogens (tertiary/aromatic N) is 2. The van der Waals surface area contributed by atoms with E-state index in [9.17, 15) is 9.59 Å². The zero-order valence-electron chi connectivity index (χ0n) is 11.0. The highest BCUT2D eigenvalue weighted by Crippen LogP contribution is 2.11. The summed E-state index contributed by atoms with van der Waals surface area (Å²) in [6, 6.07) is 7.70. The normalized spacial score (nSPS) is 10.8. The second-order valence-corrected chi connectivity index (χ2v) is 3.95. The number of esters is 2. The molecule has 0 fully saturated rings. The van der Waals surface area contributed by atoms with Gasteiger partial charge in [0.05, 0.1) is 31.0 Å². The average Bonchev–Trinajstić information content (AvgIpc) is 2.88. The van der Waals surface area contributed by atoms with Crippen LogP contribution in [0.15, 0.2) is 42.7 Å².